The number of nitrogens with zero attached hydrogens (tertiary/aromatic N) is 4. The van der Waals surface area contributed by atoms with E-state index in [1.165, 1.54) is 5.56 Å². The largest absolute Gasteiger partial charge is 0.383 e. The quantitative estimate of drug-likeness (QED) is 0.442. The Bertz CT molecular complexity index is 1260. The number of rotatable bonds is 3. The van der Waals surface area contributed by atoms with Crippen molar-refractivity contribution in [3.8, 4) is 17.1 Å². The lowest BCUT2D eigenvalue weighted by Gasteiger charge is -2.11. The number of aryl methyl sites for hydroxylation is 1. The molecule has 0 radical (unpaired) electrons. The molecular weight excluding hydrogens is 382 g/mol. The van der Waals surface area contributed by atoms with Crippen molar-refractivity contribution in [2.24, 2.45) is 0 Å². The van der Waals surface area contributed by atoms with Gasteiger partial charge in [0.25, 0.3) is 0 Å². The average Bonchev–Trinajstić information content (AvgIpc) is 3.20. The second-order valence-electron chi connectivity index (χ2n) is 7.22. The number of fused-ring (bicyclic) bond motifs is 1. The molecule has 1 aliphatic rings. The lowest BCUT2D eigenvalue weighted by atomic mass is 10.0. The van der Waals surface area contributed by atoms with Gasteiger partial charge < -0.3 is 5.73 Å². The Labute approximate surface area is 183 Å². The molecule has 0 saturated heterocycles. The third kappa shape index (κ3) is 3.99. The van der Waals surface area contributed by atoms with Crippen molar-refractivity contribution in [3.63, 3.8) is 0 Å². The Kier molecular flexibility index (Phi) is 5.94. The number of anilines is 1. The van der Waals surface area contributed by atoms with Crippen molar-refractivity contribution in [1.29, 1.82) is 0 Å². The molecule has 5 heteroatoms. The lowest BCUT2D eigenvalue weighted by molar-refractivity contribution is 1.03. The highest BCUT2D eigenvalue weighted by atomic mass is 15.1. The molecule has 1 aliphatic carbocycles. The molecule has 1 aromatic carbocycles. The zero-order valence-electron chi connectivity index (χ0n) is 18.2. The van der Waals surface area contributed by atoms with Crippen LogP contribution in [0.1, 0.15) is 37.9 Å². The second kappa shape index (κ2) is 8.96. The third-order valence-corrected chi connectivity index (χ3v) is 5.17. The molecule has 5 rings (SSSR count). The molecule has 2 N–H and O–H groups in total. The molecule has 0 saturated carbocycles. The van der Waals surface area contributed by atoms with E-state index in [1.54, 1.807) is 6.20 Å². The van der Waals surface area contributed by atoms with E-state index < -0.39 is 0 Å². The van der Waals surface area contributed by atoms with Gasteiger partial charge in [-0.15, -0.1) is 0 Å². The van der Waals surface area contributed by atoms with Crippen molar-refractivity contribution >= 4 is 22.6 Å². The van der Waals surface area contributed by atoms with Gasteiger partial charge in [-0.2, -0.15) is 0 Å². The van der Waals surface area contributed by atoms with Gasteiger partial charge in [0.1, 0.15) is 11.3 Å². The fraction of sp³-hybridized carbons (Fsp3) is 0.192. The Hall–Kier alpha value is -3.73. The molecule has 31 heavy (non-hydrogen) atoms. The van der Waals surface area contributed by atoms with Gasteiger partial charge in [0.15, 0.2) is 11.5 Å². The van der Waals surface area contributed by atoms with Gasteiger partial charge in [-0.1, -0.05) is 49.8 Å². The first kappa shape index (κ1) is 20.5. The number of hydrogen-bond acceptors (Lipinski definition) is 4. The van der Waals surface area contributed by atoms with Crippen LogP contribution in [0, 0.1) is 6.92 Å². The highest BCUT2D eigenvalue weighted by Crippen LogP contribution is 2.31. The van der Waals surface area contributed by atoms with Crippen LogP contribution in [0.15, 0.2) is 73.0 Å². The molecule has 0 spiro atoms. The van der Waals surface area contributed by atoms with E-state index in [0.717, 1.165) is 52.3 Å². The van der Waals surface area contributed by atoms with Crippen molar-refractivity contribution in [2.45, 2.75) is 33.6 Å². The fourth-order valence-electron chi connectivity index (χ4n) is 3.65. The van der Waals surface area contributed by atoms with Crippen molar-refractivity contribution in [1.82, 2.24) is 19.5 Å². The van der Waals surface area contributed by atoms with E-state index in [2.05, 4.69) is 59.0 Å². The SMILES string of the molecule is CC.Cc1ccc(-n2c(-c3cccnc3N)nc3ccc(C4=CCCC=C4)nc32)cc1. The number of allylic oxidation sites excluding steroid dienone is 4. The van der Waals surface area contributed by atoms with Crippen LogP contribution in [0.5, 0.6) is 0 Å². The fourth-order valence-corrected chi connectivity index (χ4v) is 3.65. The maximum absolute atomic E-state index is 6.19. The summed E-state index contributed by atoms with van der Waals surface area (Å²) in [6.07, 6.45) is 10.4. The molecular formula is C26H27N5. The van der Waals surface area contributed by atoms with Gasteiger partial charge in [0, 0.05) is 11.9 Å². The van der Waals surface area contributed by atoms with Gasteiger partial charge in [-0.3, -0.25) is 4.57 Å². The zero-order chi connectivity index (χ0) is 21.8. The molecule has 0 atom stereocenters. The lowest BCUT2D eigenvalue weighted by Crippen LogP contribution is -2.02. The van der Waals surface area contributed by atoms with E-state index in [1.807, 2.05) is 38.1 Å². The summed E-state index contributed by atoms with van der Waals surface area (Å²) in [5.74, 6) is 1.20. The molecule has 0 fully saturated rings. The Morgan fingerprint density at radius 1 is 0.935 bits per heavy atom. The highest BCUT2D eigenvalue weighted by Gasteiger charge is 2.18. The summed E-state index contributed by atoms with van der Waals surface area (Å²) in [5.41, 5.74) is 12.9. The molecule has 0 aliphatic heterocycles. The summed E-state index contributed by atoms with van der Waals surface area (Å²) < 4.78 is 2.07. The minimum atomic E-state index is 0.453. The Morgan fingerprint density at radius 2 is 1.74 bits per heavy atom. The summed E-state index contributed by atoms with van der Waals surface area (Å²) in [5, 5.41) is 0. The highest BCUT2D eigenvalue weighted by molar-refractivity contribution is 5.85. The first-order chi connectivity index (χ1) is 15.2. The number of pyridine rings is 2. The van der Waals surface area contributed by atoms with E-state index >= 15 is 0 Å². The molecule has 0 bridgehead atoms. The first-order valence-corrected chi connectivity index (χ1v) is 10.8. The predicted octanol–water partition coefficient (Wildman–Crippen LogP) is 6.13. The van der Waals surface area contributed by atoms with Crippen LogP contribution < -0.4 is 5.73 Å². The van der Waals surface area contributed by atoms with E-state index in [4.69, 9.17) is 15.7 Å². The summed E-state index contributed by atoms with van der Waals surface area (Å²) in [6.45, 7) is 6.08. The van der Waals surface area contributed by atoms with E-state index in [0.29, 0.717) is 5.82 Å². The molecule has 0 amide bonds. The third-order valence-electron chi connectivity index (χ3n) is 5.17. The van der Waals surface area contributed by atoms with Crippen LogP contribution in [-0.2, 0) is 0 Å². The first-order valence-electron chi connectivity index (χ1n) is 10.8. The summed E-state index contributed by atoms with van der Waals surface area (Å²) in [4.78, 5) is 14.1. The Morgan fingerprint density at radius 3 is 2.45 bits per heavy atom. The van der Waals surface area contributed by atoms with Crippen LogP contribution in [0.2, 0.25) is 0 Å². The summed E-state index contributed by atoms with van der Waals surface area (Å²) in [6, 6.07) is 16.2. The smallest absolute Gasteiger partial charge is 0.165 e. The number of hydrogen-bond donors (Lipinski definition) is 1. The topological polar surface area (TPSA) is 69.6 Å². The maximum atomic E-state index is 6.19. The number of nitrogens with two attached hydrogens (primary N) is 1. The van der Waals surface area contributed by atoms with Crippen LogP contribution in [0.3, 0.4) is 0 Å². The number of nitrogen functional groups attached to an aromatic ring is 1. The molecule has 3 heterocycles. The Balaban J connectivity index is 0.00000112. The molecule has 156 valence electrons. The van der Waals surface area contributed by atoms with Crippen molar-refractivity contribution < 1.29 is 0 Å². The van der Waals surface area contributed by atoms with Crippen LogP contribution >= 0.6 is 0 Å². The second-order valence-corrected chi connectivity index (χ2v) is 7.22. The molecule has 5 nitrogen and oxygen atoms in total. The van der Waals surface area contributed by atoms with Crippen LogP contribution in [0.25, 0.3) is 33.8 Å². The van der Waals surface area contributed by atoms with Crippen molar-refractivity contribution in [2.75, 3.05) is 5.73 Å². The molecule has 4 aromatic rings. The monoisotopic (exact) mass is 409 g/mol. The van der Waals surface area contributed by atoms with Crippen LogP contribution in [-0.4, -0.2) is 19.5 Å². The maximum Gasteiger partial charge on any atom is 0.165 e. The summed E-state index contributed by atoms with van der Waals surface area (Å²) >= 11 is 0. The number of imidazole rings is 1. The zero-order valence-corrected chi connectivity index (χ0v) is 18.2. The minimum absolute atomic E-state index is 0.453. The summed E-state index contributed by atoms with van der Waals surface area (Å²) in [7, 11) is 0. The van der Waals surface area contributed by atoms with Crippen LogP contribution in [0.4, 0.5) is 5.82 Å². The number of benzene rings is 1. The van der Waals surface area contributed by atoms with Gasteiger partial charge >= 0.3 is 0 Å². The van der Waals surface area contributed by atoms with Gasteiger partial charge in [0.05, 0.1) is 11.3 Å². The minimum Gasteiger partial charge on any atom is -0.383 e. The van der Waals surface area contributed by atoms with E-state index in [9.17, 15) is 0 Å². The molecule has 3 aromatic heterocycles. The normalized spacial score (nSPS) is 12.9. The van der Waals surface area contributed by atoms with Crippen molar-refractivity contribution in [3.05, 3.63) is 84.2 Å². The van der Waals surface area contributed by atoms with Gasteiger partial charge in [0.2, 0.25) is 0 Å². The van der Waals surface area contributed by atoms with E-state index in [-0.39, 0.29) is 0 Å². The standard InChI is InChI=1S/C24H21N5.C2H6/c1-16-9-11-18(12-10-16)29-23(19-8-5-15-26-22(19)25)28-21-14-13-20(27-24(21)29)17-6-3-2-4-7-17;1-2/h3,5-15H,2,4H2,1H3,(H2,25,26);1-2H3. The van der Waals surface area contributed by atoms with Gasteiger partial charge in [-0.25, -0.2) is 15.0 Å². The molecule has 0 unspecified atom stereocenters. The average molecular weight is 410 g/mol. The predicted molar refractivity (Wildman–Crippen MR) is 129 cm³/mol. The van der Waals surface area contributed by atoms with Gasteiger partial charge in [-0.05, 0) is 61.7 Å². The number of aromatic nitrogens is 4.